The third kappa shape index (κ3) is 2.23. The number of nitrogens with zero attached hydrogens (tertiary/aromatic N) is 2. The fourth-order valence-electron chi connectivity index (χ4n) is 1.09. The van der Waals surface area contributed by atoms with E-state index in [1.165, 1.54) is 0 Å². The fourth-order valence-corrected chi connectivity index (χ4v) is 1.09. The number of aromatic nitrogens is 2. The molecular weight excluding hydrogens is 152 g/mol. The molecule has 0 aliphatic carbocycles. The highest BCUT2D eigenvalue weighted by atomic mass is 15.3. The highest BCUT2D eigenvalue weighted by molar-refractivity contribution is 5.36. The van der Waals surface area contributed by atoms with Crippen LogP contribution in [0.1, 0.15) is 18.9 Å². The highest BCUT2D eigenvalue weighted by Gasteiger charge is 2.01. The highest BCUT2D eigenvalue weighted by Crippen LogP contribution is 2.06. The maximum absolute atomic E-state index is 5.65. The van der Waals surface area contributed by atoms with Crippen molar-refractivity contribution in [3.63, 3.8) is 0 Å². The van der Waals surface area contributed by atoms with Gasteiger partial charge in [-0.25, -0.2) is 0 Å². The van der Waals surface area contributed by atoms with Gasteiger partial charge < -0.3 is 11.1 Å². The number of nitrogen functional groups attached to an aromatic ring is 1. The summed E-state index contributed by atoms with van der Waals surface area (Å²) in [6, 6.07) is 0. The average Bonchev–Trinajstić information content (AvgIpc) is 2.31. The monoisotopic (exact) mass is 168 g/mol. The topological polar surface area (TPSA) is 55.9 Å². The van der Waals surface area contributed by atoms with Gasteiger partial charge in [0.1, 0.15) is 5.82 Å². The van der Waals surface area contributed by atoms with E-state index in [0.29, 0.717) is 5.82 Å². The van der Waals surface area contributed by atoms with Gasteiger partial charge in [0, 0.05) is 25.4 Å². The average molecular weight is 168 g/mol. The molecule has 68 valence electrons. The van der Waals surface area contributed by atoms with Crippen LogP contribution >= 0.6 is 0 Å². The molecule has 1 aromatic heterocycles. The van der Waals surface area contributed by atoms with Crippen LogP contribution in [0.3, 0.4) is 0 Å². The third-order valence-corrected chi connectivity index (χ3v) is 1.68. The summed E-state index contributed by atoms with van der Waals surface area (Å²) in [7, 11) is 1.87. The molecule has 1 aromatic rings. The molecule has 12 heavy (non-hydrogen) atoms. The first-order valence-corrected chi connectivity index (χ1v) is 4.22. The summed E-state index contributed by atoms with van der Waals surface area (Å²) in [5, 5.41) is 7.32. The van der Waals surface area contributed by atoms with Crippen molar-refractivity contribution >= 4 is 5.82 Å². The Morgan fingerprint density at radius 1 is 1.67 bits per heavy atom. The van der Waals surface area contributed by atoms with E-state index in [-0.39, 0.29) is 0 Å². The van der Waals surface area contributed by atoms with Crippen molar-refractivity contribution in [1.29, 1.82) is 0 Å². The SMILES string of the molecule is CCCNCc1cn(C)nc1N. The number of hydrogen-bond donors (Lipinski definition) is 2. The van der Waals surface area contributed by atoms with E-state index in [1.54, 1.807) is 4.68 Å². The first kappa shape index (κ1) is 9.06. The summed E-state index contributed by atoms with van der Waals surface area (Å²) in [5.41, 5.74) is 6.73. The number of nitrogens with two attached hydrogens (primary N) is 1. The zero-order valence-electron chi connectivity index (χ0n) is 7.67. The molecule has 0 radical (unpaired) electrons. The Hall–Kier alpha value is -1.03. The molecule has 0 saturated heterocycles. The minimum absolute atomic E-state index is 0.626. The van der Waals surface area contributed by atoms with Crippen molar-refractivity contribution in [2.45, 2.75) is 19.9 Å². The van der Waals surface area contributed by atoms with E-state index >= 15 is 0 Å². The Balaban J connectivity index is 2.45. The molecular formula is C8H16N4. The first-order chi connectivity index (χ1) is 5.74. The van der Waals surface area contributed by atoms with Crippen LogP contribution < -0.4 is 11.1 Å². The second-order valence-electron chi connectivity index (χ2n) is 2.89. The Morgan fingerprint density at radius 2 is 2.42 bits per heavy atom. The molecule has 0 saturated carbocycles. The molecule has 4 nitrogen and oxygen atoms in total. The van der Waals surface area contributed by atoms with Crippen LogP contribution in [0.15, 0.2) is 6.20 Å². The van der Waals surface area contributed by atoms with Gasteiger partial charge in [-0.3, -0.25) is 4.68 Å². The van der Waals surface area contributed by atoms with E-state index in [0.717, 1.165) is 25.1 Å². The van der Waals surface area contributed by atoms with Crippen molar-refractivity contribution in [2.24, 2.45) is 7.05 Å². The van der Waals surface area contributed by atoms with Crippen molar-refractivity contribution in [3.05, 3.63) is 11.8 Å². The summed E-state index contributed by atoms with van der Waals surface area (Å²) in [6.45, 7) is 3.97. The van der Waals surface area contributed by atoms with Gasteiger partial charge in [0.05, 0.1) is 0 Å². The van der Waals surface area contributed by atoms with Crippen molar-refractivity contribution in [2.75, 3.05) is 12.3 Å². The second kappa shape index (κ2) is 4.11. The molecule has 4 heteroatoms. The summed E-state index contributed by atoms with van der Waals surface area (Å²) >= 11 is 0. The molecule has 1 heterocycles. The smallest absolute Gasteiger partial charge is 0.149 e. The minimum Gasteiger partial charge on any atom is -0.382 e. The van der Waals surface area contributed by atoms with E-state index < -0.39 is 0 Å². The Morgan fingerprint density at radius 3 is 2.92 bits per heavy atom. The molecule has 0 aliphatic heterocycles. The van der Waals surface area contributed by atoms with E-state index in [2.05, 4.69) is 17.3 Å². The van der Waals surface area contributed by atoms with Crippen molar-refractivity contribution < 1.29 is 0 Å². The van der Waals surface area contributed by atoms with Gasteiger partial charge in [-0.1, -0.05) is 6.92 Å². The fraction of sp³-hybridized carbons (Fsp3) is 0.625. The molecule has 0 spiro atoms. The van der Waals surface area contributed by atoms with E-state index in [1.807, 2.05) is 13.2 Å². The predicted molar refractivity (Wildman–Crippen MR) is 49.6 cm³/mol. The van der Waals surface area contributed by atoms with Crippen LogP contribution in [0, 0.1) is 0 Å². The van der Waals surface area contributed by atoms with Gasteiger partial charge in [-0.05, 0) is 13.0 Å². The number of anilines is 1. The summed E-state index contributed by atoms with van der Waals surface area (Å²) in [4.78, 5) is 0. The lowest BCUT2D eigenvalue weighted by Gasteiger charge is -1.99. The summed E-state index contributed by atoms with van der Waals surface area (Å²) in [6.07, 6.45) is 3.08. The van der Waals surface area contributed by atoms with Crippen LogP contribution in [-0.4, -0.2) is 16.3 Å². The maximum Gasteiger partial charge on any atom is 0.149 e. The Labute approximate surface area is 72.8 Å². The van der Waals surface area contributed by atoms with Gasteiger partial charge >= 0.3 is 0 Å². The van der Waals surface area contributed by atoms with Crippen LogP contribution in [0.5, 0.6) is 0 Å². The van der Waals surface area contributed by atoms with E-state index in [4.69, 9.17) is 5.73 Å². The standard InChI is InChI=1S/C8H16N4/c1-3-4-10-5-7-6-12(2)11-8(7)9/h6,10H,3-5H2,1-2H3,(H2,9,11). The maximum atomic E-state index is 5.65. The van der Waals surface area contributed by atoms with Crippen LogP contribution in [-0.2, 0) is 13.6 Å². The lowest BCUT2D eigenvalue weighted by atomic mass is 10.3. The minimum atomic E-state index is 0.626. The molecule has 3 N–H and O–H groups in total. The van der Waals surface area contributed by atoms with Gasteiger partial charge in [0.2, 0.25) is 0 Å². The Kier molecular flexibility index (Phi) is 3.10. The quantitative estimate of drug-likeness (QED) is 0.644. The number of nitrogens with one attached hydrogen (secondary N) is 1. The normalized spacial score (nSPS) is 10.5. The third-order valence-electron chi connectivity index (χ3n) is 1.68. The van der Waals surface area contributed by atoms with Gasteiger partial charge in [0.25, 0.3) is 0 Å². The number of rotatable bonds is 4. The van der Waals surface area contributed by atoms with Crippen molar-refractivity contribution in [1.82, 2.24) is 15.1 Å². The lowest BCUT2D eigenvalue weighted by molar-refractivity contribution is 0.675. The van der Waals surface area contributed by atoms with Crippen LogP contribution in [0.2, 0.25) is 0 Å². The summed E-state index contributed by atoms with van der Waals surface area (Å²) < 4.78 is 1.73. The zero-order valence-corrected chi connectivity index (χ0v) is 7.67. The number of hydrogen-bond acceptors (Lipinski definition) is 3. The molecule has 0 aliphatic rings. The molecule has 0 aromatic carbocycles. The summed E-state index contributed by atoms with van der Waals surface area (Å²) in [5.74, 6) is 0.626. The van der Waals surface area contributed by atoms with Gasteiger partial charge in [0.15, 0.2) is 0 Å². The molecule has 0 amide bonds. The largest absolute Gasteiger partial charge is 0.382 e. The van der Waals surface area contributed by atoms with Gasteiger partial charge in [-0.2, -0.15) is 5.10 Å². The molecule has 0 atom stereocenters. The van der Waals surface area contributed by atoms with Crippen LogP contribution in [0.25, 0.3) is 0 Å². The van der Waals surface area contributed by atoms with Crippen molar-refractivity contribution in [3.8, 4) is 0 Å². The van der Waals surface area contributed by atoms with E-state index in [9.17, 15) is 0 Å². The zero-order chi connectivity index (χ0) is 8.97. The predicted octanol–water partition coefficient (Wildman–Crippen LogP) is 0.502. The van der Waals surface area contributed by atoms with Crippen LogP contribution in [0.4, 0.5) is 5.82 Å². The second-order valence-corrected chi connectivity index (χ2v) is 2.89. The molecule has 0 fully saturated rings. The number of aryl methyl sites for hydroxylation is 1. The molecule has 0 bridgehead atoms. The molecule has 0 unspecified atom stereocenters. The Bertz CT molecular complexity index is 241. The first-order valence-electron chi connectivity index (χ1n) is 4.22. The molecule has 1 rings (SSSR count). The lowest BCUT2D eigenvalue weighted by Crippen LogP contribution is -2.14. The van der Waals surface area contributed by atoms with Gasteiger partial charge in [-0.15, -0.1) is 0 Å².